The van der Waals surface area contributed by atoms with Crippen molar-refractivity contribution in [3.8, 4) is 0 Å². The van der Waals surface area contributed by atoms with E-state index in [0.717, 1.165) is 83.4 Å². The van der Waals surface area contributed by atoms with Crippen LogP contribution in [-0.2, 0) is 16.1 Å². The van der Waals surface area contributed by atoms with Gasteiger partial charge in [0.1, 0.15) is 11.6 Å². The van der Waals surface area contributed by atoms with Gasteiger partial charge >= 0.3 is 0 Å². The number of anilines is 5. The first-order chi connectivity index (χ1) is 27.7. The molecule has 1 saturated carbocycles. The standard InChI is InChI=1S/C42H43BrN10O4/c1-50(24-25-11-16-31-35(36(25)43)40(57)53(39(31)56)33-17-18-34(54)48-38(33)55)28-19-21-51(22-20-28)29-14-12-27(13-15-29)45-41-44-23-32-37(49-41)52(30-9-5-6-10-30)42(47-32)46-26-7-3-2-4-8-26/h2-4,7-8,11-16,23,28,30,33H,5-6,9-10,17-22,24H2,1H3,(H,46,47)(H,44,45,49)(H,48,54,55). The van der Waals surface area contributed by atoms with Crippen molar-refractivity contribution < 1.29 is 19.2 Å². The second kappa shape index (κ2) is 15.3. The molecule has 0 spiro atoms. The van der Waals surface area contributed by atoms with Gasteiger partial charge < -0.3 is 15.5 Å². The van der Waals surface area contributed by atoms with Crippen LogP contribution in [0.1, 0.15) is 83.7 Å². The van der Waals surface area contributed by atoms with Crippen LogP contribution in [0, 0.1) is 0 Å². The van der Waals surface area contributed by atoms with E-state index >= 15 is 0 Å². The number of para-hydroxylation sites is 1. The Hall–Kier alpha value is -5.67. The zero-order chi connectivity index (χ0) is 39.2. The first-order valence-corrected chi connectivity index (χ1v) is 20.4. The largest absolute Gasteiger partial charge is 0.371 e. The van der Waals surface area contributed by atoms with E-state index < -0.39 is 29.7 Å². The molecule has 2 aromatic heterocycles. The van der Waals surface area contributed by atoms with Crippen molar-refractivity contribution in [3.63, 3.8) is 0 Å². The van der Waals surface area contributed by atoms with E-state index in [9.17, 15) is 19.2 Å². The van der Waals surface area contributed by atoms with E-state index in [4.69, 9.17) is 9.97 Å². The van der Waals surface area contributed by atoms with E-state index in [1.165, 1.54) is 12.8 Å². The Labute approximate surface area is 338 Å². The van der Waals surface area contributed by atoms with Gasteiger partial charge in [0.05, 0.1) is 17.3 Å². The van der Waals surface area contributed by atoms with Crippen LogP contribution in [0.3, 0.4) is 0 Å². The number of hydrogen-bond donors (Lipinski definition) is 3. The highest BCUT2D eigenvalue weighted by atomic mass is 79.9. The van der Waals surface area contributed by atoms with Crippen molar-refractivity contribution in [2.45, 2.75) is 76.0 Å². The fraction of sp³-hybridized carbons (Fsp3) is 0.357. The molecule has 0 bridgehead atoms. The molecule has 4 aliphatic rings. The van der Waals surface area contributed by atoms with Crippen LogP contribution in [-0.4, -0.2) is 85.2 Å². The molecule has 1 aliphatic carbocycles. The van der Waals surface area contributed by atoms with Crippen molar-refractivity contribution in [1.29, 1.82) is 0 Å². The molecule has 15 heteroatoms. The lowest BCUT2D eigenvalue weighted by Crippen LogP contribution is -2.54. The van der Waals surface area contributed by atoms with Crippen molar-refractivity contribution in [2.24, 2.45) is 0 Å². The zero-order valence-electron chi connectivity index (χ0n) is 31.6. The van der Waals surface area contributed by atoms with Crippen LogP contribution < -0.4 is 20.9 Å². The predicted molar refractivity (Wildman–Crippen MR) is 220 cm³/mol. The fourth-order valence-corrected chi connectivity index (χ4v) is 9.37. The van der Waals surface area contributed by atoms with E-state index in [-0.39, 0.29) is 24.0 Å². The van der Waals surface area contributed by atoms with Crippen LogP contribution in [0.15, 0.2) is 77.4 Å². The monoisotopic (exact) mass is 830 g/mol. The van der Waals surface area contributed by atoms with Gasteiger partial charge in [-0.3, -0.25) is 38.9 Å². The van der Waals surface area contributed by atoms with Gasteiger partial charge in [0.2, 0.25) is 23.7 Å². The van der Waals surface area contributed by atoms with E-state index in [2.05, 4.69) is 82.5 Å². The Morgan fingerprint density at radius 2 is 1.58 bits per heavy atom. The third kappa shape index (κ3) is 7.14. The topological polar surface area (TPSA) is 158 Å². The zero-order valence-corrected chi connectivity index (χ0v) is 33.2. The summed E-state index contributed by atoms with van der Waals surface area (Å²) in [5.41, 5.74) is 6.07. The summed E-state index contributed by atoms with van der Waals surface area (Å²) in [6.45, 7) is 2.37. The number of carbonyl (C=O) groups excluding carboxylic acids is 4. The van der Waals surface area contributed by atoms with E-state index in [1.54, 1.807) is 12.3 Å². The Bertz CT molecular complexity index is 2370. The summed E-state index contributed by atoms with van der Waals surface area (Å²) in [6.07, 6.45) is 8.52. The van der Waals surface area contributed by atoms with Crippen molar-refractivity contribution >= 4 is 79.7 Å². The molecule has 2 saturated heterocycles. The first kappa shape index (κ1) is 36.9. The maximum Gasteiger partial charge on any atom is 0.263 e. The molecular formula is C42H43BrN10O4. The number of rotatable bonds is 10. The minimum Gasteiger partial charge on any atom is -0.371 e. The number of piperidine rings is 2. The molecule has 9 rings (SSSR count). The number of halogens is 1. The molecule has 5 aromatic rings. The third-order valence-electron chi connectivity index (χ3n) is 11.8. The molecule has 3 N–H and O–H groups in total. The highest BCUT2D eigenvalue weighted by Crippen LogP contribution is 2.37. The number of amides is 4. The number of nitrogens with one attached hydrogen (secondary N) is 3. The number of carbonyl (C=O) groups is 4. The molecule has 0 radical (unpaired) electrons. The fourth-order valence-electron chi connectivity index (χ4n) is 8.73. The minimum atomic E-state index is -0.996. The number of imide groups is 2. The van der Waals surface area contributed by atoms with Gasteiger partial charge in [0.15, 0.2) is 5.65 Å². The molecule has 5 heterocycles. The normalized spacial score (nSPS) is 19.2. The van der Waals surface area contributed by atoms with E-state index in [0.29, 0.717) is 29.0 Å². The second-order valence-electron chi connectivity index (χ2n) is 15.4. The Balaban J connectivity index is 0.824. The van der Waals surface area contributed by atoms with Crippen LogP contribution in [0.25, 0.3) is 11.2 Å². The van der Waals surface area contributed by atoms with Gasteiger partial charge in [-0.1, -0.05) is 37.1 Å². The molecule has 1 atom stereocenters. The SMILES string of the molecule is CN(Cc1ccc2c(c1Br)C(=O)N(C1CCC(=O)NC1=O)C2=O)C1CCN(c2ccc(Nc3ncc4nc(Nc5ccccc5)n(C5CCCC5)c4n3)cc2)CC1. The molecule has 14 nitrogen and oxygen atoms in total. The molecule has 1 unspecified atom stereocenters. The van der Waals surface area contributed by atoms with Crippen molar-refractivity contribution in [3.05, 3.63) is 94.1 Å². The summed E-state index contributed by atoms with van der Waals surface area (Å²) in [7, 11) is 2.09. The third-order valence-corrected chi connectivity index (χ3v) is 12.7. The average Bonchev–Trinajstić information content (AvgIpc) is 3.93. The molecule has 4 amide bonds. The smallest absolute Gasteiger partial charge is 0.263 e. The van der Waals surface area contributed by atoms with Gasteiger partial charge in [-0.25, -0.2) is 9.97 Å². The number of benzene rings is 3. The van der Waals surface area contributed by atoms with Gasteiger partial charge in [0, 0.05) is 59.7 Å². The highest BCUT2D eigenvalue weighted by Gasteiger charge is 2.46. The summed E-state index contributed by atoms with van der Waals surface area (Å²) in [5, 5.41) is 9.17. The van der Waals surface area contributed by atoms with E-state index in [1.807, 2.05) is 36.4 Å². The summed E-state index contributed by atoms with van der Waals surface area (Å²) in [6, 6.07) is 21.7. The Kier molecular flexibility index (Phi) is 9.95. The minimum absolute atomic E-state index is 0.0820. The number of nitrogens with zero attached hydrogens (tertiary/aromatic N) is 7. The summed E-state index contributed by atoms with van der Waals surface area (Å²) in [5.74, 6) is -0.715. The highest BCUT2D eigenvalue weighted by molar-refractivity contribution is 9.10. The van der Waals surface area contributed by atoms with Gasteiger partial charge in [-0.05, 0) is 103 Å². The quantitative estimate of drug-likeness (QED) is 0.129. The Morgan fingerprint density at radius 3 is 2.32 bits per heavy atom. The molecule has 57 heavy (non-hydrogen) atoms. The van der Waals surface area contributed by atoms with Crippen LogP contribution in [0.2, 0.25) is 0 Å². The lowest BCUT2D eigenvalue weighted by molar-refractivity contribution is -0.136. The maximum atomic E-state index is 13.5. The molecule has 3 aliphatic heterocycles. The molecule has 3 fully saturated rings. The molecule has 292 valence electrons. The van der Waals surface area contributed by atoms with Gasteiger partial charge in [-0.15, -0.1) is 0 Å². The number of aromatic nitrogens is 4. The summed E-state index contributed by atoms with van der Waals surface area (Å²) < 4.78 is 2.82. The lowest BCUT2D eigenvalue weighted by Gasteiger charge is -2.38. The average molecular weight is 832 g/mol. The predicted octanol–water partition coefficient (Wildman–Crippen LogP) is 6.69. The van der Waals surface area contributed by atoms with Crippen LogP contribution in [0.4, 0.5) is 29.0 Å². The second-order valence-corrected chi connectivity index (χ2v) is 16.1. The van der Waals surface area contributed by atoms with Crippen LogP contribution in [0.5, 0.6) is 0 Å². The van der Waals surface area contributed by atoms with Crippen LogP contribution >= 0.6 is 15.9 Å². The number of hydrogen-bond acceptors (Lipinski definition) is 11. The lowest BCUT2D eigenvalue weighted by atomic mass is 10.0. The number of fused-ring (bicyclic) bond motifs is 2. The van der Waals surface area contributed by atoms with Crippen molar-refractivity contribution in [1.82, 2.24) is 34.6 Å². The van der Waals surface area contributed by atoms with Gasteiger partial charge in [0.25, 0.3) is 11.8 Å². The summed E-state index contributed by atoms with van der Waals surface area (Å²) >= 11 is 3.63. The maximum absolute atomic E-state index is 13.5. The van der Waals surface area contributed by atoms with Gasteiger partial charge in [-0.2, -0.15) is 4.98 Å². The van der Waals surface area contributed by atoms with Crippen molar-refractivity contribution in [2.75, 3.05) is 35.7 Å². The molecular weight excluding hydrogens is 788 g/mol. The first-order valence-electron chi connectivity index (χ1n) is 19.6. The summed E-state index contributed by atoms with van der Waals surface area (Å²) in [4.78, 5) is 71.1. The molecule has 3 aromatic carbocycles. The number of imidazole rings is 1. The Morgan fingerprint density at radius 1 is 0.842 bits per heavy atom.